The Hall–Kier alpha value is -2.81. The van der Waals surface area contributed by atoms with Crippen LogP contribution < -0.4 is 5.32 Å². The molecule has 2 aromatic carbocycles. The van der Waals surface area contributed by atoms with Crippen molar-refractivity contribution in [1.82, 2.24) is 14.9 Å². The van der Waals surface area contributed by atoms with Gasteiger partial charge in [0.2, 0.25) is 0 Å². The predicted octanol–water partition coefficient (Wildman–Crippen LogP) is 3.52. The van der Waals surface area contributed by atoms with Gasteiger partial charge in [-0.15, -0.1) is 0 Å². The number of hydrogen-bond acceptors (Lipinski definition) is 7. The van der Waals surface area contributed by atoms with Gasteiger partial charge in [-0.25, -0.2) is 9.97 Å². The fraction of sp³-hybridized carbons (Fsp3) is 0.250. The number of nitrogens with one attached hydrogen (secondary N) is 1. The molecule has 4 aromatic rings. The van der Waals surface area contributed by atoms with Crippen molar-refractivity contribution in [2.45, 2.75) is 6.54 Å². The van der Waals surface area contributed by atoms with E-state index in [0.29, 0.717) is 21.8 Å². The number of benzene rings is 2. The molecule has 1 aliphatic heterocycles. The lowest BCUT2D eigenvalue weighted by Crippen LogP contribution is -2.35. The summed E-state index contributed by atoms with van der Waals surface area (Å²) in [5.74, 6) is -0.211. The van der Waals surface area contributed by atoms with Gasteiger partial charge >= 0.3 is 0 Å². The molecule has 5 rings (SSSR count). The summed E-state index contributed by atoms with van der Waals surface area (Å²) in [4.78, 5) is 23.6. The number of amides is 1. The van der Waals surface area contributed by atoms with E-state index in [1.165, 1.54) is 23.3 Å². The number of hydrogen-bond donors (Lipinski definition) is 1. The van der Waals surface area contributed by atoms with E-state index in [9.17, 15) is 4.79 Å². The molecule has 0 radical (unpaired) electrons. The highest BCUT2D eigenvalue weighted by atomic mass is 32.1. The Bertz CT molecular complexity index is 1150. The van der Waals surface area contributed by atoms with Crippen LogP contribution in [0.1, 0.15) is 15.9 Å². The molecule has 8 heteroatoms. The maximum Gasteiger partial charge on any atom is 0.257 e. The zero-order valence-corrected chi connectivity index (χ0v) is 15.9. The van der Waals surface area contributed by atoms with Crippen molar-refractivity contribution < 1.29 is 13.9 Å². The van der Waals surface area contributed by atoms with Gasteiger partial charge in [-0.1, -0.05) is 17.4 Å². The predicted molar refractivity (Wildman–Crippen MR) is 108 cm³/mol. The van der Waals surface area contributed by atoms with Crippen molar-refractivity contribution in [3.63, 3.8) is 0 Å². The van der Waals surface area contributed by atoms with Crippen LogP contribution in [-0.4, -0.2) is 47.1 Å². The van der Waals surface area contributed by atoms with Crippen molar-refractivity contribution in [3.05, 3.63) is 53.9 Å². The van der Waals surface area contributed by atoms with Crippen molar-refractivity contribution >= 4 is 43.7 Å². The van der Waals surface area contributed by atoms with Gasteiger partial charge in [0.25, 0.3) is 5.91 Å². The third kappa shape index (κ3) is 3.49. The molecule has 0 aliphatic carbocycles. The number of carbonyl (C=O) groups is 1. The van der Waals surface area contributed by atoms with Gasteiger partial charge < -0.3 is 9.15 Å². The van der Waals surface area contributed by atoms with Crippen LogP contribution in [0.4, 0.5) is 5.13 Å². The van der Waals surface area contributed by atoms with Crippen LogP contribution in [0.25, 0.3) is 21.3 Å². The first-order valence-electron chi connectivity index (χ1n) is 9.09. The number of nitrogens with zero attached hydrogens (tertiary/aromatic N) is 3. The summed E-state index contributed by atoms with van der Waals surface area (Å²) in [6.45, 7) is 4.39. The normalized spacial score (nSPS) is 15.3. The summed E-state index contributed by atoms with van der Waals surface area (Å²) >= 11 is 1.48. The first-order chi connectivity index (χ1) is 13.7. The van der Waals surface area contributed by atoms with E-state index >= 15 is 0 Å². The molecule has 0 bridgehead atoms. The van der Waals surface area contributed by atoms with E-state index in [1.807, 2.05) is 6.07 Å². The fourth-order valence-corrected chi connectivity index (χ4v) is 4.23. The molecule has 142 valence electrons. The van der Waals surface area contributed by atoms with Gasteiger partial charge in [0.1, 0.15) is 5.52 Å². The van der Waals surface area contributed by atoms with E-state index in [2.05, 4.69) is 32.3 Å². The summed E-state index contributed by atoms with van der Waals surface area (Å²) < 4.78 is 11.7. The lowest BCUT2D eigenvalue weighted by Gasteiger charge is -2.26. The minimum absolute atomic E-state index is 0.211. The van der Waals surface area contributed by atoms with Crippen LogP contribution in [0.15, 0.2) is 47.2 Å². The Morgan fingerprint density at radius 3 is 2.93 bits per heavy atom. The van der Waals surface area contributed by atoms with Gasteiger partial charge in [-0.2, -0.15) is 0 Å². The van der Waals surface area contributed by atoms with E-state index in [1.54, 1.807) is 18.2 Å². The number of fused-ring (bicyclic) bond motifs is 2. The highest BCUT2D eigenvalue weighted by Gasteiger charge is 2.14. The Morgan fingerprint density at radius 1 is 1.14 bits per heavy atom. The second kappa shape index (κ2) is 7.31. The molecule has 1 saturated heterocycles. The smallest absolute Gasteiger partial charge is 0.257 e. The summed E-state index contributed by atoms with van der Waals surface area (Å²) in [7, 11) is 0. The molecule has 28 heavy (non-hydrogen) atoms. The van der Waals surface area contributed by atoms with Crippen molar-refractivity contribution in [1.29, 1.82) is 0 Å². The molecule has 0 spiro atoms. The average Bonchev–Trinajstić information content (AvgIpc) is 3.34. The number of aromatic nitrogens is 2. The monoisotopic (exact) mass is 394 g/mol. The van der Waals surface area contributed by atoms with Gasteiger partial charge in [-0.05, 0) is 35.9 Å². The zero-order valence-electron chi connectivity index (χ0n) is 15.1. The number of oxazole rings is 1. The Morgan fingerprint density at radius 2 is 2.04 bits per heavy atom. The summed E-state index contributed by atoms with van der Waals surface area (Å²) in [6.07, 6.45) is 1.37. The van der Waals surface area contributed by atoms with Gasteiger partial charge in [0, 0.05) is 25.2 Å². The average molecular weight is 394 g/mol. The zero-order chi connectivity index (χ0) is 18.9. The molecular weight excluding hydrogens is 376 g/mol. The quantitative estimate of drug-likeness (QED) is 0.570. The molecule has 1 amide bonds. The molecule has 0 unspecified atom stereocenters. The number of anilines is 1. The second-order valence-corrected chi connectivity index (χ2v) is 7.73. The molecule has 3 heterocycles. The second-order valence-electron chi connectivity index (χ2n) is 6.70. The van der Waals surface area contributed by atoms with Gasteiger partial charge in [0.05, 0.1) is 23.4 Å². The fourth-order valence-electron chi connectivity index (χ4n) is 3.31. The largest absolute Gasteiger partial charge is 0.443 e. The van der Waals surface area contributed by atoms with Crippen molar-refractivity contribution in [2.75, 3.05) is 31.6 Å². The van der Waals surface area contributed by atoms with Crippen LogP contribution in [0.5, 0.6) is 0 Å². The minimum atomic E-state index is -0.211. The molecule has 7 nitrogen and oxygen atoms in total. The molecular formula is C20H18N4O3S. The first-order valence-corrected chi connectivity index (χ1v) is 9.90. The Labute approximate surface area is 164 Å². The van der Waals surface area contributed by atoms with E-state index in [0.717, 1.165) is 43.1 Å². The number of morpholine rings is 1. The number of carbonyl (C=O) groups excluding carboxylic acids is 1. The SMILES string of the molecule is O=C(Nc1nc2ccc(CN3CCOCC3)cc2s1)c1ccc2ocnc2c1. The van der Waals surface area contributed by atoms with Crippen molar-refractivity contribution in [2.24, 2.45) is 0 Å². The molecule has 0 saturated carbocycles. The maximum absolute atomic E-state index is 12.6. The van der Waals surface area contributed by atoms with E-state index < -0.39 is 0 Å². The van der Waals surface area contributed by atoms with Gasteiger partial charge in [-0.3, -0.25) is 15.0 Å². The first kappa shape index (κ1) is 17.3. The maximum atomic E-state index is 12.6. The standard InChI is InChI=1S/C20H18N4O3S/c25-19(14-2-4-17-16(10-14)21-12-27-17)23-20-22-15-3-1-13(9-18(15)28-20)11-24-5-7-26-8-6-24/h1-4,9-10,12H,5-8,11H2,(H,22,23,25). The van der Waals surface area contributed by atoms with Crippen LogP contribution in [0.3, 0.4) is 0 Å². The lowest BCUT2D eigenvalue weighted by molar-refractivity contribution is 0.0342. The number of thiazole rings is 1. The molecule has 2 aromatic heterocycles. The summed E-state index contributed by atoms with van der Waals surface area (Å²) in [5.41, 5.74) is 3.97. The third-order valence-electron chi connectivity index (χ3n) is 4.78. The summed E-state index contributed by atoms with van der Waals surface area (Å²) in [5, 5.41) is 3.48. The third-order valence-corrected chi connectivity index (χ3v) is 5.71. The van der Waals surface area contributed by atoms with Crippen LogP contribution >= 0.6 is 11.3 Å². The highest BCUT2D eigenvalue weighted by molar-refractivity contribution is 7.22. The Balaban J connectivity index is 1.33. The summed E-state index contributed by atoms with van der Waals surface area (Å²) in [6, 6.07) is 11.4. The van der Waals surface area contributed by atoms with Gasteiger partial charge in [0.15, 0.2) is 17.1 Å². The van der Waals surface area contributed by atoms with E-state index in [4.69, 9.17) is 9.15 Å². The molecule has 1 N–H and O–H groups in total. The topological polar surface area (TPSA) is 80.5 Å². The molecule has 1 fully saturated rings. The number of ether oxygens (including phenoxy) is 1. The van der Waals surface area contributed by atoms with Crippen LogP contribution in [0, 0.1) is 0 Å². The highest BCUT2D eigenvalue weighted by Crippen LogP contribution is 2.28. The Kier molecular flexibility index (Phi) is 4.52. The minimum Gasteiger partial charge on any atom is -0.443 e. The van der Waals surface area contributed by atoms with Crippen LogP contribution in [0.2, 0.25) is 0 Å². The lowest BCUT2D eigenvalue weighted by atomic mass is 10.2. The molecule has 1 aliphatic rings. The number of rotatable bonds is 4. The van der Waals surface area contributed by atoms with E-state index in [-0.39, 0.29) is 5.91 Å². The van der Waals surface area contributed by atoms with Crippen LogP contribution in [-0.2, 0) is 11.3 Å². The van der Waals surface area contributed by atoms with Crippen molar-refractivity contribution in [3.8, 4) is 0 Å². The molecule has 0 atom stereocenters.